The number of nitrogens with one attached hydrogen (secondary N) is 1. The van der Waals surface area contributed by atoms with Gasteiger partial charge in [0.15, 0.2) is 11.5 Å². The van der Waals surface area contributed by atoms with E-state index in [-0.39, 0.29) is 24.8 Å². The van der Waals surface area contributed by atoms with Gasteiger partial charge in [0, 0.05) is 23.9 Å². The van der Waals surface area contributed by atoms with Crippen LogP contribution in [-0.4, -0.2) is 29.8 Å². The first-order valence-corrected chi connectivity index (χ1v) is 8.97. The molecule has 0 unspecified atom stereocenters. The van der Waals surface area contributed by atoms with Crippen LogP contribution in [-0.2, 0) is 0 Å². The Morgan fingerprint density at radius 1 is 1.12 bits per heavy atom. The second kappa shape index (κ2) is 7.23. The zero-order valence-corrected chi connectivity index (χ0v) is 14.7. The molecule has 1 aromatic carbocycles. The summed E-state index contributed by atoms with van der Waals surface area (Å²) in [5, 5.41) is 3.11. The first-order chi connectivity index (χ1) is 12.7. The number of fused-ring (bicyclic) bond motifs is 1. The van der Waals surface area contributed by atoms with Crippen LogP contribution in [0.4, 0.5) is 0 Å². The van der Waals surface area contributed by atoms with Crippen LogP contribution in [0.3, 0.4) is 0 Å². The second-order valence-electron chi connectivity index (χ2n) is 6.81. The van der Waals surface area contributed by atoms with E-state index >= 15 is 0 Å². The van der Waals surface area contributed by atoms with Gasteiger partial charge in [0.1, 0.15) is 6.10 Å². The number of pyridine rings is 1. The molecule has 2 aliphatic rings. The van der Waals surface area contributed by atoms with E-state index in [1.165, 1.54) is 0 Å². The maximum absolute atomic E-state index is 12.5. The van der Waals surface area contributed by atoms with E-state index in [4.69, 9.17) is 14.2 Å². The number of aromatic nitrogens is 1. The molecule has 1 aliphatic carbocycles. The topological polar surface area (TPSA) is 69.7 Å². The summed E-state index contributed by atoms with van der Waals surface area (Å²) in [4.78, 5) is 16.8. The van der Waals surface area contributed by atoms with Gasteiger partial charge in [-0.2, -0.15) is 0 Å². The molecule has 2 heterocycles. The molecule has 0 radical (unpaired) electrons. The van der Waals surface area contributed by atoms with Gasteiger partial charge in [-0.25, -0.2) is 4.98 Å². The largest absolute Gasteiger partial charge is 0.474 e. The maximum Gasteiger partial charge on any atom is 0.251 e. The van der Waals surface area contributed by atoms with Crippen molar-refractivity contribution in [2.45, 2.75) is 44.8 Å². The van der Waals surface area contributed by atoms with Gasteiger partial charge in [-0.15, -0.1) is 0 Å². The number of ether oxygens (including phenoxy) is 3. The summed E-state index contributed by atoms with van der Waals surface area (Å²) in [6, 6.07) is 9.34. The van der Waals surface area contributed by atoms with E-state index < -0.39 is 0 Å². The minimum atomic E-state index is -0.0760. The molecule has 0 spiro atoms. The highest BCUT2D eigenvalue weighted by molar-refractivity contribution is 5.95. The molecule has 1 fully saturated rings. The fraction of sp³-hybridized carbons (Fsp3) is 0.400. The average Bonchev–Trinajstić information content (AvgIpc) is 3.13. The molecule has 6 heteroatoms. The van der Waals surface area contributed by atoms with Crippen LogP contribution < -0.4 is 19.5 Å². The first-order valence-electron chi connectivity index (χ1n) is 8.97. The summed E-state index contributed by atoms with van der Waals surface area (Å²) in [6.07, 6.45) is 5.57. The Balaban J connectivity index is 1.28. The van der Waals surface area contributed by atoms with E-state index in [0.29, 0.717) is 22.9 Å². The van der Waals surface area contributed by atoms with Gasteiger partial charge in [-0.05, 0) is 56.4 Å². The van der Waals surface area contributed by atoms with Crippen molar-refractivity contribution in [3.63, 3.8) is 0 Å². The first kappa shape index (κ1) is 16.7. The molecule has 1 N–H and O–H groups in total. The lowest BCUT2D eigenvalue weighted by Gasteiger charge is -2.29. The Kier molecular flexibility index (Phi) is 4.65. The zero-order chi connectivity index (χ0) is 17.9. The molecule has 6 nitrogen and oxygen atoms in total. The number of nitrogens with zero attached hydrogens (tertiary/aromatic N) is 1. The third-order valence-electron chi connectivity index (χ3n) is 4.82. The molecule has 1 aromatic heterocycles. The van der Waals surface area contributed by atoms with E-state index in [1.54, 1.807) is 18.2 Å². The highest BCUT2D eigenvalue weighted by atomic mass is 16.7. The normalized spacial score (nSPS) is 21.3. The Morgan fingerprint density at radius 3 is 2.69 bits per heavy atom. The van der Waals surface area contributed by atoms with E-state index in [0.717, 1.165) is 31.2 Å². The molecular weight excluding hydrogens is 332 g/mol. The smallest absolute Gasteiger partial charge is 0.251 e. The van der Waals surface area contributed by atoms with Crippen LogP contribution in [0.15, 0.2) is 36.5 Å². The maximum atomic E-state index is 12.5. The summed E-state index contributed by atoms with van der Waals surface area (Å²) >= 11 is 0. The van der Waals surface area contributed by atoms with Gasteiger partial charge in [0.05, 0.1) is 0 Å². The average molecular weight is 354 g/mol. The number of rotatable bonds is 4. The Bertz CT molecular complexity index is 783. The zero-order valence-electron chi connectivity index (χ0n) is 14.7. The number of amides is 1. The lowest BCUT2D eigenvalue weighted by atomic mass is 9.92. The lowest BCUT2D eigenvalue weighted by molar-refractivity contribution is 0.0889. The molecule has 1 amide bonds. The van der Waals surface area contributed by atoms with Crippen molar-refractivity contribution in [2.75, 3.05) is 6.79 Å². The highest BCUT2D eigenvalue weighted by Crippen LogP contribution is 2.32. The quantitative estimate of drug-likeness (QED) is 0.913. The minimum absolute atomic E-state index is 0.0760. The Labute approximate surface area is 152 Å². The Morgan fingerprint density at radius 2 is 1.92 bits per heavy atom. The molecule has 26 heavy (non-hydrogen) atoms. The minimum Gasteiger partial charge on any atom is -0.474 e. The molecular formula is C20H22N2O4. The van der Waals surface area contributed by atoms with Crippen LogP contribution in [0.1, 0.15) is 41.6 Å². The van der Waals surface area contributed by atoms with E-state index in [9.17, 15) is 4.79 Å². The second-order valence-corrected chi connectivity index (χ2v) is 6.81. The molecule has 4 rings (SSSR count). The standard InChI is InChI=1S/C20H22N2O4/c1-13-2-9-19(21-11-13)26-16-6-4-15(5-7-16)22-20(23)14-3-8-17-18(10-14)25-12-24-17/h2-3,8-11,15-16H,4-7,12H2,1H3,(H,22,23). The molecule has 0 atom stereocenters. The van der Waals surface area contributed by atoms with Crippen LogP contribution >= 0.6 is 0 Å². The summed E-state index contributed by atoms with van der Waals surface area (Å²) in [6.45, 7) is 2.21. The van der Waals surface area contributed by atoms with Crippen LogP contribution in [0.2, 0.25) is 0 Å². The van der Waals surface area contributed by atoms with E-state index in [2.05, 4.69) is 10.3 Å². The predicted octanol–water partition coefficient (Wildman–Crippen LogP) is 3.24. The summed E-state index contributed by atoms with van der Waals surface area (Å²) < 4.78 is 16.6. The van der Waals surface area contributed by atoms with Gasteiger partial charge in [0.25, 0.3) is 5.91 Å². The van der Waals surface area contributed by atoms with Crippen molar-refractivity contribution in [3.8, 4) is 17.4 Å². The van der Waals surface area contributed by atoms with Crippen molar-refractivity contribution in [3.05, 3.63) is 47.7 Å². The van der Waals surface area contributed by atoms with Crippen molar-refractivity contribution in [1.29, 1.82) is 0 Å². The molecule has 1 saturated carbocycles. The fourth-order valence-corrected chi connectivity index (χ4v) is 3.33. The highest BCUT2D eigenvalue weighted by Gasteiger charge is 2.25. The van der Waals surface area contributed by atoms with Crippen LogP contribution in [0.5, 0.6) is 17.4 Å². The number of carbonyl (C=O) groups is 1. The summed E-state index contributed by atoms with van der Waals surface area (Å²) in [5.74, 6) is 1.90. The SMILES string of the molecule is Cc1ccc(OC2CCC(NC(=O)c3ccc4c(c3)OCO4)CC2)nc1. The van der Waals surface area contributed by atoms with Gasteiger partial charge in [-0.3, -0.25) is 4.79 Å². The van der Waals surface area contributed by atoms with Crippen molar-refractivity contribution in [1.82, 2.24) is 10.3 Å². The molecule has 2 aromatic rings. The number of benzene rings is 1. The van der Waals surface area contributed by atoms with Crippen molar-refractivity contribution in [2.24, 2.45) is 0 Å². The number of aryl methyl sites for hydroxylation is 1. The van der Waals surface area contributed by atoms with Crippen LogP contribution in [0.25, 0.3) is 0 Å². The van der Waals surface area contributed by atoms with Gasteiger partial charge < -0.3 is 19.5 Å². The lowest BCUT2D eigenvalue weighted by Crippen LogP contribution is -2.39. The van der Waals surface area contributed by atoms with Crippen LogP contribution in [0, 0.1) is 6.92 Å². The summed E-state index contributed by atoms with van der Waals surface area (Å²) in [7, 11) is 0. The third-order valence-corrected chi connectivity index (χ3v) is 4.82. The van der Waals surface area contributed by atoms with Gasteiger partial charge in [0.2, 0.25) is 12.7 Å². The third kappa shape index (κ3) is 3.74. The number of hydrogen-bond donors (Lipinski definition) is 1. The molecule has 0 bridgehead atoms. The fourth-order valence-electron chi connectivity index (χ4n) is 3.33. The van der Waals surface area contributed by atoms with Crippen molar-refractivity contribution < 1.29 is 19.0 Å². The number of carbonyl (C=O) groups excluding carboxylic acids is 1. The van der Waals surface area contributed by atoms with Gasteiger partial charge in [-0.1, -0.05) is 6.07 Å². The Hall–Kier alpha value is -2.76. The summed E-state index contributed by atoms with van der Waals surface area (Å²) in [5.41, 5.74) is 1.71. The predicted molar refractivity (Wildman–Crippen MR) is 95.7 cm³/mol. The van der Waals surface area contributed by atoms with Crippen molar-refractivity contribution >= 4 is 5.91 Å². The van der Waals surface area contributed by atoms with Gasteiger partial charge >= 0.3 is 0 Å². The molecule has 1 aliphatic heterocycles. The number of hydrogen-bond acceptors (Lipinski definition) is 5. The monoisotopic (exact) mass is 354 g/mol. The molecule has 136 valence electrons. The molecule has 0 saturated heterocycles. The van der Waals surface area contributed by atoms with E-state index in [1.807, 2.05) is 25.3 Å².